The molecule has 0 radical (unpaired) electrons. The van der Waals surface area contributed by atoms with Crippen LogP contribution in [-0.2, 0) is 20.1 Å². The van der Waals surface area contributed by atoms with Crippen molar-refractivity contribution in [3.05, 3.63) is 42.0 Å². The number of rotatable bonds is 7. The highest BCUT2D eigenvalue weighted by Crippen LogP contribution is 2.39. The fourth-order valence-corrected chi connectivity index (χ4v) is 4.43. The zero-order chi connectivity index (χ0) is 19.8. The lowest BCUT2D eigenvalue weighted by Crippen LogP contribution is -2.43. The second kappa shape index (κ2) is 7.42. The topological polar surface area (TPSA) is 80.9 Å². The lowest BCUT2D eigenvalue weighted by Gasteiger charge is -2.24. The monoisotopic (exact) mass is 391 g/mol. The molecular weight excluding hydrogens is 368 g/mol. The average Bonchev–Trinajstić information content (AvgIpc) is 3.40. The summed E-state index contributed by atoms with van der Waals surface area (Å²) in [6, 6.07) is 0.378. The molecule has 2 aromatic rings. The minimum atomic E-state index is -2.59. The van der Waals surface area contributed by atoms with E-state index < -0.39 is 6.43 Å². The summed E-state index contributed by atoms with van der Waals surface area (Å²) >= 11 is 0. The van der Waals surface area contributed by atoms with Crippen LogP contribution in [0, 0.1) is 0 Å². The molecule has 0 unspecified atom stereocenters. The van der Waals surface area contributed by atoms with E-state index in [-0.39, 0.29) is 35.4 Å². The number of nitrogens with zero attached hydrogens (tertiary/aromatic N) is 6. The first-order valence-electron chi connectivity index (χ1n) is 9.34. The molecule has 2 aliphatic rings. The van der Waals surface area contributed by atoms with E-state index in [2.05, 4.69) is 32.2 Å². The summed E-state index contributed by atoms with van der Waals surface area (Å²) in [7, 11) is 1.65. The van der Waals surface area contributed by atoms with Crippen molar-refractivity contribution >= 4 is 5.91 Å². The second-order valence-electron chi connectivity index (χ2n) is 7.41. The van der Waals surface area contributed by atoms with Gasteiger partial charge in [-0.25, -0.2) is 13.5 Å². The summed E-state index contributed by atoms with van der Waals surface area (Å²) in [5.74, 6) is -0.262. The molecule has 2 saturated heterocycles. The van der Waals surface area contributed by atoms with Crippen LogP contribution in [-0.4, -0.2) is 53.7 Å². The number of amides is 1. The summed E-state index contributed by atoms with van der Waals surface area (Å²) in [6.07, 6.45) is 5.08. The Labute approximate surface area is 161 Å². The Balaban J connectivity index is 1.43. The number of allylic oxidation sites excluding steroid dienone is 1. The van der Waals surface area contributed by atoms with Gasteiger partial charge in [-0.3, -0.25) is 14.4 Å². The fraction of sp³-hybridized carbons (Fsp3) is 0.556. The highest BCUT2D eigenvalue weighted by atomic mass is 19.3. The largest absolute Gasteiger partial charge is 0.346 e. The second-order valence-corrected chi connectivity index (χ2v) is 7.41. The van der Waals surface area contributed by atoms with Crippen molar-refractivity contribution < 1.29 is 13.6 Å². The third-order valence-corrected chi connectivity index (χ3v) is 5.58. The van der Waals surface area contributed by atoms with E-state index in [0.29, 0.717) is 18.7 Å². The first-order valence-corrected chi connectivity index (χ1v) is 9.34. The van der Waals surface area contributed by atoms with Gasteiger partial charge in [0.1, 0.15) is 5.69 Å². The number of hydrogen-bond acceptors (Lipinski definition) is 5. The molecule has 0 saturated carbocycles. The summed E-state index contributed by atoms with van der Waals surface area (Å²) in [5.41, 5.74) is 0.658. The first-order chi connectivity index (χ1) is 13.5. The molecule has 150 valence electrons. The van der Waals surface area contributed by atoms with Crippen LogP contribution < -0.4 is 5.32 Å². The van der Waals surface area contributed by atoms with Gasteiger partial charge in [0.2, 0.25) is 0 Å². The van der Waals surface area contributed by atoms with Crippen molar-refractivity contribution in [1.82, 2.24) is 35.0 Å². The van der Waals surface area contributed by atoms with Crippen LogP contribution in [0.1, 0.15) is 47.4 Å². The third kappa shape index (κ3) is 3.44. The first kappa shape index (κ1) is 18.7. The summed E-state index contributed by atoms with van der Waals surface area (Å²) in [6.45, 7) is 4.54. The molecule has 0 aliphatic carbocycles. The van der Waals surface area contributed by atoms with Gasteiger partial charge >= 0.3 is 0 Å². The molecule has 2 bridgehead atoms. The fourth-order valence-electron chi connectivity index (χ4n) is 4.43. The van der Waals surface area contributed by atoms with Crippen molar-refractivity contribution in [3.8, 4) is 0 Å². The van der Waals surface area contributed by atoms with Gasteiger partial charge < -0.3 is 5.32 Å². The molecule has 28 heavy (non-hydrogen) atoms. The summed E-state index contributed by atoms with van der Waals surface area (Å²) in [4.78, 5) is 14.7. The number of carbonyl (C=O) groups is 1. The van der Waals surface area contributed by atoms with Gasteiger partial charge in [0.15, 0.2) is 5.69 Å². The van der Waals surface area contributed by atoms with E-state index in [4.69, 9.17) is 0 Å². The maximum Gasteiger partial charge on any atom is 0.282 e. The van der Waals surface area contributed by atoms with Gasteiger partial charge in [0, 0.05) is 43.5 Å². The predicted molar refractivity (Wildman–Crippen MR) is 96.6 cm³/mol. The van der Waals surface area contributed by atoms with Crippen LogP contribution in [0.25, 0.3) is 0 Å². The highest BCUT2D eigenvalue weighted by molar-refractivity contribution is 5.92. The Morgan fingerprint density at radius 3 is 3.00 bits per heavy atom. The molecule has 2 fully saturated rings. The smallest absolute Gasteiger partial charge is 0.282 e. The Kier molecular flexibility index (Phi) is 4.96. The van der Waals surface area contributed by atoms with E-state index >= 15 is 0 Å². The van der Waals surface area contributed by atoms with Crippen LogP contribution in [0.3, 0.4) is 0 Å². The van der Waals surface area contributed by atoms with Gasteiger partial charge in [-0.2, -0.15) is 5.10 Å². The molecule has 4 heterocycles. The lowest BCUT2D eigenvalue weighted by atomic mass is 9.95. The number of hydrogen-bond donors (Lipinski definition) is 1. The Bertz CT molecular complexity index is 877. The van der Waals surface area contributed by atoms with Crippen LogP contribution >= 0.6 is 0 Å². The summed E-state index contributed by atoms with van der Waals surface area (Å²) in [5, 5.41) is 14.7. The quantitative estimate of drug-likeness (QED) is 0.727. The van der Waals surface area contributed by atoms with Gasteiger partial charge in [-0.1, -0.05) is 11.3 Å². The molecule has 1 amide bonds. The molecule has 2 aliphatic heterocycles. The number of aryl methyl sites for hydroxylation is 1. The minimum absolute atomic E-state index is 0.0255. The SMILES string of the molecule is C=CCn1cc(C(=O)N[C@H]2C[C@H]3CC[C@@H]2N3Cc2cn(C)nc2C(F)F)nn1. The average molecular weight is 391 g/mol. The van der Waals surface area contributed by atoms with E-state index in [1.54, 1.807) is 30.2 Å². The molecule has 4 rings (SSSR count). The van der Waals surface area contributed by atoms with Crippen molar-refractivity contribution in [2.75, 3.05) is 0 Å². The van der Waals surface area contributed by atoms with Gasteiger partial charge in [-0.15, -0.1) is 11.7 Å². The van der Waals surface area contributed by atoms with Gasteiger partial charge in [0.05, 0.1) is 12.7 Å². The zero-order valence-corrected chi connectivity index (χ0v) is 15.6. The number of halogens is 2. The molecule has 8 nitrogen and oxygen atoms in total. The summed E-state index contributed by atoms with van der Waals surface area (Å²) < 4.78 is 29.5. The van der Waals surface area contributed by atoms with Crippen molar-refractivity contribution in [1.29, 1.82) is 0 Å². The maximum atomic E-state index is 13.2. The number of alkyl halides is 2. The highest BCUT2D eigenvalue weighted by Gasteiger charge is 2.47. The van der Waals surface area contributed by atoms with Crippen molar-refractivity contribution in [2.24, 2.45) is 7.05 Å². The third-order valence-electron chi connectivity index (χ3n) is 5.58. The van der Waals surface area contributed by atoms with E-state index in [1.165, 1.54) is 4.68 Å². The Morgan fingerprint density at radius 1 is 1.43 bits per heavy atom. The van der Waals surface area contributed by atoms with Gasteiger partial charge in [-0.05, 0) is 19.3 Å². The predicted octanol–water partition coefficient (Wildman–Crippen LogP) is 1.67. The molecule has 1 N–H and O–H groups in total. The van der Waals surface area contributed by atoms with Crippen molar-refractivity contribution in [3.63, 3.8) is 0 Å². The van der Waals surface area contributed by atoms with E-state index in [0.717, 1.165) is 19.3 Å². The molecule has 10 heteroatoms. The van der Waals surface area contributed by atoms with Gasteiger partial charge in [0.25, 0.3) is 12.3 Å². The molecule has 0 aromatic carbocycles. The lowest BCUT2D eigenvalue weighted by molar-refractivity contribution is 0.0920. The number of aromatic nitrogens is 5. The van der Waals surface area contributed by atoms with Crippen LogP contribution in [0.15, 0.2) is 25.0 Å². The van der Waals surface area contributed by atoms with E-state index in [1.807, 2.05) is 0 Å². The Morgan fingerprint density at radius 2 is 2.25 bits per heavy atom. The molecule has 2 aromatic heterocycles. The number of carbonyl (C=O) groups excluding carboxylic acids is 1. The molecular formula is C18H23F2N7O. The van der Waals surface area contributed by atoms with Crippen LogP contribution in [0.4, 0.5) is 8.78 Å². The number of nitrogens with one attached hydrogen (secondary N) is 1. The van der Waals surface area contributed by atoms with Crippen molar-refractivity contribution in [2.45, 2.75) is 56.9 Å². The normalized spacial score (nSPS) is 24.2. The van der Waals surface area contributed by atoms with Crippen LogP contribution in [0.5, 0.6) is 0 Å². The standard InChI is InChI=1S/C18H23F2N7O/c1-3-6-26-10-14(22-24-26)18(28)21-13-7-12-4-5-15(13)27(12)9-11-8-25(2)23-16(11)17(19)20/h3,8,10,12-13,15,17H,1,4-7,9H2,2H3,(H,21,28)/t12-,13+,15+/m1/s1. The zero-order valence-electron chi connectivity index (χ0n) is 15.6. The Hall–Kier alpha value is -2.62. The minimum Gasteiger partial charge on any atom is -0.346 e. The molecule has 3 atom stereocenters. The number of fused-ring (bicyclic) bond motifs is 2. The van der Waals surface area contributed by atoms with E-state index in [9.17, 15) is 13.6 Å². The maximum absolute atomic E-state index is 13.2. The molecule has 0 spiro atoms. The van der Waals surface area contributed by atoms with Crippen LogP contribution in [0.2, 0.25) is 0 Å².